The SMILES string of the molecule is CN(C(=O)OC(C)(C)C)[C@@H]1CCCN(Cc2ccncc2)C1. The lowest BCUT2D eigenvalue weighted by molar-refractivity contribution is 0.0130. The minimum atomic E-state index is -0.448. The third-order valence-electron chi connectivity index (χ3n) is 3.87. The molecule has 2 rings (SSSR count). The lowest BCUT2D eigenvalue weighted by atomic mass is 10.0. The van der Waals surface area contributed by atoms with Gasteiger partial charge in [0.2, 0.25) is 0 Å². The molecule has 22 heavy (non-hydrogen) atoms. The molecular weight excluding hydrogens is 278 g/mol. The molecule has 0 saturated carbocycles. The van der Waals surface area contributed by atoms with Gasteiger partial charge < -0.3 is 9.64 Å². The van der Waals surface area contributed by atoms with E-state index in [0.29, 0.717) is 0 Å². The highest BCUT2D eigenvalue weighted by atomic mass is 16.6. The van der Waals surface area contributed by atoms with Gasteiger partial charge in [-0.3, -0.25) is 9.88 Å². The maximum absolute atomic E-state index is 12.2. The Morgan fingerprint density at radius 2 is 2.09 bits per heavy atom. The van der Waals surface area contributed by atoms with E-state index < -0.39 is 5.60 Å². The molecule has 1 amide bonds. The normalized spacial score (nSPS) is 19.7. The van der Waals surface area contributed by atoms with E-state index in [4.69, 9.17) is 4.74 Å². The number of pyridine rings is 1. The molecule has 0 aliphatic carbocycles. The first-order valence-corrected chi connectivity index (χ1v) is 7.92. The molecule has 5 nitrogen and oxygen atoms in total. The van der Waals surface area contributed by atoms with Crippen LogP contribution < -0.4 is 0 Å². The Morgan fingerprint density at radius 3 is 2.73 bits per heavy atom. The van der Waals surface area contributed by atoms with Gasteiger partial charge >= 0.3 is 6.09 Å². The first-order chi connectivity index (χ1) is 10.3. The molecular formula is C17H27N3O2. The molecule has 1 saturated heterocycles. The predicted molar refractivity (Wildman–Crippen MR) is 86.5 cm³/mol. The Labute approximate surface area is 133 Å². The maximum atomic E-state index is 12.2. The Kier molecular flexibility index (Phi) is 5.40. The number of hydrogen-bond donors (Lipinski definition) is 0. The average Bonchev–Trinajstić information content (AvgIpc) is 2.46. The Bertz CT molecular complexity index is 484. The van der Waals surface area contributed by atoms with Gasteiger partial charge in [-0.15, -0.1) is 0 Å². The van der Waals surface area contributed by atoms with Crippen LogP contribution in [-0.4, -0.2) is 52.7 Å². The van der Waals surface area contributed by atoms with Crippen molar-refractivity contribution in [1.29, 1.82) is 0 Å². The highest BCUT2D eigenvalue weighted by molar-refractivity contribution is 5.68. The second-order valence-electron chi connectivity index (χ2n) is 6.98. The zero-order chi connectivity index (χ0) is 16.2. The smallest absolute Gasteiger partial charge is 0.410 e. The quantitative estimate of drug-likeness (QED) is 0.861. The van der Waals surface area contributed by atoms with Crippen molar-refractivity contribution in [3.05, 3.63) is 30.1 Å². The lowest BCUT2D eigenvalue weighted by Gasteiger charge is -2.38. The van der Waals surface area contributed by atoms with Gasteiger partial charge in [0.15, 0.2) is 0 Å². The molecule has 0 aromatic carbocycles. The van der Waals surface area contributed by atoms with E-state index in [1.807, 2.05) is 52.3 Å². The molecule has 0 unspecified atom stereocenters. The molecule has 0 radical (unpaired) electrons. The number of amides is 1. The zero-order valence-electron chi connectivity index (χ0n) is 14.1. The average molecular weight is 305 g/mol. The van der Waals surface area contributed by atoms with E-state index in [9.17, 15) is 4.79 Å². The van der Waals surface area contributed by atoms with Crippen LogP contribution in [0.25, 0.3) is 0 Å². The molecule has 1 aromatic heterocycles. The molecule has 1 aromatic rings. The number of rotatable bonds is 3. The van der Waals surface area contributed by atoms with Crippen molar-refractivity contribution < 1.29 is 9.53 Å². The zero-order valence-corrected chi connectivity index (χ0v) is 14.1. The van der Waals surface area contributed by atoms with Crippen LogP contribution in [0.1, 0.15) is 39.2 Å². The third kappa shape index (κ3) is 4.98. The Balaban J connectivity index is 1.91. The molecule has 1 fully saturated rings. The van der Waals surface area contributed by atoms with Crippen LogP contribution in [-0.2, 0) is 11.3 Å². The van der Waals surface area contributed by atoms with Gasteiger partial charge in [-0.1, -0.05) is 0 Å². The number of likely N-dealkylation sites (N-methyl/N-ethyl adjacent to an activating group) is 1. The Morgan fingerprint density at radius 1 is 1.41 bits per heavy atom. The first kappa shape index (κ1) is 16.7. The molecule has 0 bridgehead atoms. The van der Waals surface area contributed by atoms with Crippen molar-refractivity contribution in [2.24, 2.45) is 0 Å². The predicted octanol–water partition coefficient (Wildman–Crippen LogP) is 2.91. The number of hydrogen-bond acceptors (Lipinski definition) is 4. The van der Waals surface area contributed by atoms with Gasteiger partial charge in [-0.05, 0) is 57.9 Å². The summed E-state index contributed by atoms with van der Waals surface area (Å²) in [5.74, 6) is 0. The molecule has 122 valence electrons. The number of piperidine rings is 1. The van der Waals surface area contributed by atoms with E-state index in [-0.39, 0.29) is 12.1 Å². The number of likely N-dealkylation sites (tertiary alicyclic amines) is 1. The third-order valence-corrected chi connectivity index (χ3v) is 3.87. The molecule has 1 aliphatic rings. The van der Waals surface area contributed by atoms with Crippen LogP contribution in [0.3, 0.4) is 0 Å². The van der Waals surface area contributed by atoms with Crippen LogP contribution in [0.4, 0.5) is 4.79 Å². The van der Waals surface area contributed by atoms with E-state index in [1.165, 1.54) is 5.56 Å². The first-order valence-electron chi connectivity index (χ1n) is 7.92. The fourth-order valence-electron chi connectivity index (χ4n) is 2.72. The number of carbonyl (C=O) groups is 1. The maximum Gasteiger partial charge on any atom is 0.410 e. The van der Waals surface area contributed by atoms with Crippen molar-refractivity contribution in [2.75, 3.05) is 20.1 Å². The summed E-state index contributed by atoms with van der Waals surface area (Å²) in [6.07, 6.45) is 5.54. The van der Waals surface area contributed by atoms with Crippen LogP contribution in [0.2, 0.25) is 0 Å². The minimum absolute atomic E-state index is 0.213. The van der Waals surface area contributed by atoms with Crippen molar-refractivity contribution in [1.82, 2.24) is 14.8 Å². The summed E-state index contributed by atoms with van der Waals surface area (Å²) in [5.41, 5.74) is 0.812. The summed E-state index contributed by atoms with van der Waals surface area (Å²) in [7, 11) is 1.84. The minimum Gasteiger partial charge on any atom is -0.444 e. The number of aromatic nitrogens is 1. The summed E-state index contributed by atoms with van der Waals surface area (Å²) in [5, 5.41) is 0. The van der Waals surface area contributed by atoms with E-state index in [2.05, 4.69) is 9.88 Å². The number of carbonyl (C=O) groups excluding carboxylic acids is 1. The van der Waals surface area contributed by atoms with Gasteiger partial charge in [0.05, 0.1) is 0 Å². The highest BCUT2D eigenvalue weighted by Crippen LogP contribution is 2.19. The van der Waals surface area contributed by atoms with E-state index >= 15 is 0 Å². The van der Waals surface area contributed by atoms with Gasteiger partial charge in [-0.2, -0.15) is 0 Å². The van der Waals surface area contributed by atoms with E-state index in [0.717, 1.165) is 32.5 Å². The second kappa shape index (κ2) is 7.09. The van der Waals surface area contributed by atoms with Gasteiger partial charge in [0.1, 0.15) is 5.60 Å². The number of nitrogens with zero attached hydrogens (tertiary/aromatic N) is 3. The van der Waals surface area contributed by atoms with Crippen LogP contribution in [0, 0.1) is 0 Å². The molecule has 5 heteroatoms. The van der Waals surface area contributed by atoms with E-state index in [1.54, 1.807) is 4.90 Å². The summed E-state index contributed by atoms with van der Waals surface area (Å²) in [6, 6.07) is 4.30. The molecule has 0 spiro atoms. The summed E-state index contributed by atoms with van der Waals surface area (Å²) < 4.78 is 5.47. The molecule has 1 aliphatic heterocycles. The highest BCUT2D eigenvalue weighted by Gasteiger charge is 2.29. The van der Waals surface area contributed by atoms with Gasteiger partial charge in [0, 0.05) is 38.6 Å². The summed E-state index contributed by atoms with van der Waals surface area (Å²) >= 11 is 0. The summed E-state index contributed by atoms with van der Waals surface area (Å²) in [6.45, 7) is 8.56. The van der Waals surface area contributed by atoms with Crippen molar-refractivity contribution in [3.63, 3.8) is 0 Å². The lowest BCUT2D eigenvalue weighted by Crippen LogP contribution is -2.49. The monoisotopic (exact) mass is 305 g/mol. The second-order valence-corrected chi connectivity index (χ2v) is 6.98. The van der Waals surface area contributed by atoms with Crippen LogP contribution >= 0.6 is 0 Å². The topological polar surface area (TPSA) is 45.7 Å². The molecule has 2 heterocycles. The van der Waals surface area contributed by atoms with Crippen LogP contribution in [0.5, 0.6) is 0 Å². The van der Waals surface area contributed by atoms with Gasteiger partial charge in [-0.25, -0.2) is 4.79 Å². The number of ether oxygens (including phenoxy) is 1. The fraction of sp³-hybridized carbons (Fsp3) is 0.647. The van der Waals surface area contributed by atoms with Crippen molar-refractivity contribution in [2.45, 2.75) is 51.8 Å². The van der Waals surface area contributed by atoms with Crippen LogP contribution in [0.15, 0.2) is 24.5 Å². The molecule has 0 N–H and O–H groups in total. The largest absolute Gasteiger partial charge is 0.444 e. The standard InChI is InChI=1S/C17H27N3O2/c1-17(2,3)22-16(21)19(4)15-6-5-11-20(13-15)12-14-7-9-18-10-8-14/h7-10,15H,5-6,11-13H2,1-4H3/t15-/m1/s1. The van der Waals surface area contributed by atoms with Crippen molar-refractivity contribution in [3.8, 4) is 0 Å². The fourth-order valence-corrected chi connectivity index (χ4v) is 2.72. The Hall–Kier alpha value is -1.62. The summed E-state index contributed by atoms with van der Waals surface area (Å²) in [4.78, 5) is 20.4. The van der Waals surface area contributed by atoms with Crippen molar-refractivity contribution >= 4 is 6.09 Å². The van der Waals surface area contributed by atoms with Gasteiger partial charge in [0.25, 0.3) is 0 Å². The molecule has 1 atom stereocenters.